The number of hydrogen-bond donors (Lipinski definition) is 0. The molecule has 0 spiro atoms. The SMILES string of the molecule is CCC1(C)N=C(S(=O)(=O)Cc2ccccc2)C(C)(CC)N1[O]. The van der Waals surface area contributed by atoms with Crippen LogP contribution in [0.15, 0.2) is 35.3 Å². The third-order valence-corrected chi connectivity index (χ3v) is 6.37. The molecule has 0 saturated carbocycles. The normalized spacial score (nSPS) is 29.6. The number of benzene rings is 1. The highest BCUT2D eigenvalue weighted by Gasteiger charge is 2.55. The Morgan fingerprint density at radius 2 is 1.68 bits per heavy atom. The van der Waals surface area contributed by atoms with Crippen LogP contribution >= 0.6 is 0 Å². The van der Waals surface area contributed by atoms with Crippen molar-refractivity contribution < 1.29 is 13.6 Å². The fourth-order valence-corrected chi connectivity index (χ4v) is 4.79. The van der Waals surface area contributed by atoms with Gasteiger partial charge in [-0.3, -0.25) is 4.99 Å². The van der Waals surface area contributed by atoms with Gasteiger partial charge in [-0.2, -0.15) is 0 Å². The van der Waals surface area contributed by atoms with Gasteiger partial charge in [-0.05, 0) is 32.3 Å². The minimum atomic E-state index is -3.64. The minimum absolute atomic E-state index is 0.0192. The van der Waals surface area contributed by atoms with Crippen molar-refractivity contribution in [2.45, 2.75) is 57.5 Å². The lowest BCUT2D eigenvalue weighted by Crippen LogP contribution is -2.53. The highest BCUT2D eigenvalue weighted by Crippen LogP contribution is 2.40. The number of aliphatic imine (C=N–C) groups is 1. The molecule has 1 radical (unpaired) electrons. The summed E-state index contributed by atoms with van der Waals surface area (Å²) in [5, 5.41) is 13.5. The van der Waals surface area contributed by atoms with Crippen molar-refractivity contribution in [3.05, 3.63) is 35.9 Å². The molecule has 0 saturated heterocycles. The zero-order valence-corrected chi connectivity index (χ0v) is 14.4. The number of sulfone groups is 1. The summed E-state index contributed by atoms with van der Waals surface area (Å²) in [4.78, 5) is 4.35. The van der Waals surface area contributed by atoms with Crippen molar-refractivity contribution in [3.8, 4) is 0 Å². The quantitative estimate of drug-likeness (QED) is 0.855. The van der Waals surface area contributed by atoms with E-state index in [1.54, 1.807) is 38.1 Å². The maximum atomic E-state index is 12.8. The van der Waals surface area contributed by atoms with Crippen LogP contribution < -0.4 is 0 Å². The summed E-state index contributed by atoms with van der Waals surface area (Å²) < 4.78 is 25.7. The molecule has 0 aromatic heterocycles. The lowest BCUT2D eigenvalue weighted by Gasteiger charge is -2.34. The van der Waals surface area contributed by atoms with Crippen molar-refractivity contribution in [2.75, 3.05) is 0 Å². The van der Waals surface area contributed by atoms with Crippen LogP contribution in [0, 0.1) is 0 Å². The van der Waals surface area contributed by atoms with E-state index >= 15 is 0 Å². The van der Waals surface area contributed by atoms with Gasteiger partial charge in [0.15, 0.2) is 14.9 Å². The Morgan fingerprint density at radius 3 is 2.18 bits per heavy atom. The Hall–Kier alpha value is -1.24. The standard InChI is InChI=1S/C16H23N2O3S/c1-5-15(3)14(17-16(4,6-2)18(15)19)22(20,21)12-13-10-8-7-9-11-13/h7-11H,5-6,12H2,1-4H3. The Kier molecular flexibility index (Phi) is 4.48. The fourth-order valence-electron chi connectivity index (χ4n) is 2.79. The molecule has 1 aliphatic rings. The summed E-state index contributed by atoms with van der Waals surface area (Å²) in [5.74, 6) is -0.129. The molecular weight excluding hydrogens is 300 g/mol. The van der Waals surface area contributed by atoms with E-state index in [1.807, 2.05) is 19.9 Å². The van der Waals surface area contributed by atoms with Gasteiger partial charge in [0.25, 0.3) is 0 Å². The van der Waals surface area contributed by atoms with Crippen LogP contribution in [0.4, 0.5) is 0 Å². The molecule has 1 aromatic carbocycles. The van der Waals surface area contributed by atoms with Crippen molar-refractivity contribution in [2.24, 2.45) is 4.99 Å². The molecule has 2 unspecified atom stereocenters. The number of hydroxylamine groups is 2. The predicted octanol–water partition coefficient (Wildman–Crippen LogP) is 2.96. The summed E-state index contributed by atoms with van der Waals surface area (Å²) in [7, 11) is -3.64. The first-order valence-electron chi connectivity index (χ1n) is 7.54. The van der Waals surface area contributed by atoms with Crippen molar-refractivity contribution in [1.82, 2.24) is 5.06 Å². The van der Waals surface area contributed by atoms with E-state index in [0.29, 0.717) is 18.4 Å². The second-order valence-corrected chi connectivity index (χ2v) is 8.06. The number of hydrogen-bond acceptors (Lipinski definition) is 4. The Balaban J connectivity index is 2.46. The van der Waals surface area contributed by atoms with Crippen LogP contribution in [0.5, 0.6) is 0 Å². The summed E-state index contributed by atoms with van der Waals surface area (Å²) in [6.45, 7) is 7.03. The molecule has 121 valence electrons. The zero-order valence-electron chi connectivity index (χ0n) is 13.5. The monoisotopic (exact) mass is 323 g/mol. The van der Waals surface area contributed by atoms with E-state index in [1.165, 1.54) is 0 Å². The topological polar surface area (TPSA) is 69.6 Å². The molecule has 0 fully saturated rings. The van der Waals surface area contributed by atoms with Crippen LogP contribution in [-0.2, 0) is 20.8 Å². The van der Waals surface area contributed by atoms with Crippen LogP contribution in [0.2, 0.25) is 0 Å². The molecule has 0 bridgehead atoms. The van der Waals surface area contributed by atoms with Crippen LogP contribution in [-0.4, -0.2) is 29.7 Å². The molecule has 1 aromatic rings. The van der Waals surface area contributed by atoms with Gasteiger partial charge in [0.05, 0.1) is 5.75 Å². The summed E-state index contributed by atoms with van der Waals surface area (Å²) in [6.07, 6.45) is 0.870. The van der Waals surface area contributed by atoms with Crippen molar-refractivity contribution in [1.29, 1.82) is 0 Å². The molecule has 1 aliphatic heterocycles. The Labute approximate surface area is 132 Å². The molecule has 2 rings (SSSR count). The van der Waals surface area contributed by atoms with Crippen LogP contribution in [0.3, 0.4) is 0 Å². The first-order chi connectivity index (χ1) is 10.2. The molecule has 0 aliphatic carbocycles. The first kappa shape index (κ1) is 17.1. The smallest absolute Gasteiger partial charge is 0.197 e. The molecule has 5 nitrogen and oxygen atoms in total. The Morgan fingerprint density at radius 1 is 1.09 bits per heavy atom. The summed E-state index contributed by atoms with van der Waals surface area (Å²) >= 11 is 0. The van der Waals surface area contributed by atoms with Gasteiger partial charge in [0.2, 0.25) is 0 Å². The summed E-state index contributed by atoms with van der Waals surface area (Å²) in [6, 6.07) is 8.98. The first-order valence-corrected chi connectivity index (χ1v) is 9.19. The van der Waals surface area contributed by atoms with Crippen molar-refractivity contribution in [3.63, 3.8) is 0 Å². The van der Waals surface area contributed by atoms with E-state index in [4.69, 9.17) is 0 Å². The highest BCUT2D eigenvalue weighted by atomic mass is 32.2. The summed E-state index contributed by atoms with van der Waals surface area (Å²) in [5.41, 5.74) is -1.41. The van der Waals surface area contributed by atoms with Gasteiger partial charge >= 0.3 is 0 Å². The van der Waals surface area contributed by atoms with Gasteiger partial charge in [0, 0.05) is 0 Å². The van der Waals surface area contributed by atoms with E-state index in [0.717, 1.165) is 5.06 Å². The third-order valence-electron chi connectivity index (χ3n) is 4.54. The van der Waals surface area contributed by atoms with Gasteiger partial charge < -0.3 is 0 Å². The highest BCUT2D eigenvalue weighted by molar-refractivity contribution is 8.06. The maximum Gasteiger partial charge on any atom is 0.197 e. The molecule has 1 heterocycles. The molecule has 22 heavy (non-hydrogen) atoms. The van der Waals surface area contributed by atoms with E-state index in [9.17, 15) is 13.6 Å². The second-order valence-electron chi connectivity index (χ2n) is 6.15. The Bertz CT molecular complexity index is 672. The second kappa shape index (κ2) is 5.76. The molecular formula is C16H23N2O3S. The van der Waals surface area contributed by atoms with E-state index in [2.05, 4.69) is 4.99 Å². The lowest BCUT2D eigenvalue weighted by atomic mass is 9.99. The number of rotatable bonds is 4. The largest absolute Gasteiger partial charge is 0.251 e. The molecule has 2 atom stereocenters. The lowest BCUT2D eigenvalue weighted by molar-refractivity contribution is -0.250. The third kappa shape index (κ3) is 2.71. The minimum Gasteiger partial charge on any atom is -0.251 e. The van der Waals surface area contributed by atoms with E-state index in [-0.39, 0.29) is 10.8 Å². The zero-order chi connectivity index (χ0) is 16.6. The van der Waals surface area contributed by atoms with E-state index < -0.39 is 21.0 Å². The fraction of sp³-hybridized carbons (Fsp3) is 0.562. The van der Waals surface area contributed by atoms with Gasteiger partial charge in [-0.1, -0.05) is 44.2 Å². The molecule has 0 amide bonds. The number of nitrogens with zero attached hydrogens (tertiary/aromatic N) is 2. The van der Waals surface area contributed by atoms with Crippen LogP contribution in [0.1, 0.15) is 46.1 Å². The average molecular weight is 323 g/mol. The average Bonchev–Trinajstić information content (AvgIpc) is 2.71. The molecule has 0 N–H and O–H groups in total. The van der Waals surface area contributed by atoms with Gasteiger partial charge in [-0.25, -0.2) is 8.42 Å². The van der Waals surface area contributed by atoms with Gasteiger partial charge in [-0.15, -0.1) is 10.3 Å². The predicted molar refractivity (Wildman–Crippen MR) is 86.4 cm³/mol. The van der Waals surface area contributed by atoms with Gasteiger partial charge in [0.1, 0.15) is 11.2 Å². The maximum absolute atomic E-state index is 12.8. The molecule has 6 heteroatoms. The van der Waals surface area contributed by atoms with Crippen molar-refractivity contribution >= 4 is 14.9 Å². The van der Waals surface area contributed by atoms with Crippen LogP contribution in [0.25, 0.3) is 0 Å².